The van der Waals surface area contributed by atoms with Crippen molar-refractivity contribution >= 4 is 12.2 Å². The van der Waals surface area contributed by atoms with Crippen molar-refractivity contribution in [2.24, 2.45) is 0 Å². The second-order valence-corrected chi connectivity index (χ2v) is 4.14. The minimum Gasteiger partial charge on any atom is -0.337 e. The highest BCUT2D eigenvalue weighted by atomic mass is 16.2. The lowest BCUT2D eigenvalue weighted by Crippen LogP contribution is -2.34. The molecule has 1 aliphatic rings. The summed E-state index contributed by atoms with van der Waals surface area (Å²) in [7, 11) is 0. The first-order chi connectivity index (χ1) is 8.31. The molecule has 4 heteroatoms. The van der Waals surface area contributed by atoms with Crippen molar-refractivity contribution in [2.45, 2.75) is 6.42 Å². The van der Waals surface area contributed by atoms with E-state index in [0.717, 1.165) is 38.9 Å². The van der Waals surface area contributed by atoms with Gasteiger partial charge in [0, 0.05) is 30.8 Å². The molecule has 0 radical (unpaired) electrons. The smallest absolute Gasteiger partial charge is 0.253 e. The van der Waals surface area contributed by atoms with E-state index in [-0.39, 0.29) is 5.91 Å². The van der Waals surface area contributed by atoms with Crippen LogP contribution in [-0.2, 0) is 0 Å². The first kappa shape index (κ1) is 11.8. The maximum atomic E-state index is 12.2. The summed E-state index contributed by atoms with van der Waals surface area (Å²) in [5.41, 5.74) is 1.14. The number of benzene rings is 1. The summed E-state index contributed by atoms with van der Waals surface area (Å²) in [5.74, 6) is 0.0115. The van der Waals surface area contributed by atoms with Crippen molar-refractivity contribution in [1.29, 1.82) is 0 Å². The van der Waals surface area contributed by atoms with Crippen molar-refractivity contribution in [3.8, 4) is 0 Å². The highest BCUT2D eigenvalue weighted by molar-refractivity contribution is 5.95. The molecule has 0 saturated carbocycles. The predicted octanol–water partition coefficient (Wildman–Crippen LogP) is 0.935. The van der Waals surface area contributed by atoms with Crippen LogP contribution >= 0.6 is 0 Å². The monoisotopic (exact) mass is 232 g/mol. The van der Waals surface area contributed by atoms with Crippen LogP contribution in [0, 0.1) is 0 Å². The van der Waals surface area contributed by atoms with Gasteiger partial charge in [0.2, 0.25) is 0 Å². The maximum Gasteiger partial charge on any atom is 0.253 e. The SMILES string of the molecule is O=Cc1cccc(C(=O)N2CCCNCC2)c1. The molecule has 1 heterocycles. The number of nitrogens with one attached hydrogen (secondary N) is 1. The van der Waals surface area contributed by atoms with Gasteiger partial charge in [-0.05, 0) is 25.1 Å². The molecule has 4 nitrogen and oxygen atoms in total. The number of aldehydes is 1. The lowest BCUT2D eigenvalue weighted by molar-refractivity contribution is 0.0766. The molecule has 1 aromatic carbocycles. The zero-order valence-electron chi connectivity index (χ0n) is 9.69. The molecule has 1 fully saturated rings. The van der Waals surface area contributed by atoms with Crippen molar-refractivity contribution < 1.29 is 9.59 Å². The lowest BCUT2D eigenvalue weighted by atomic mass is 10.1. The summed E-state index contributed by atoms with van der Waals surface area (Å²) in [4.78, 5) is 24.7. The maximum absolute atomic E-state index is 12.2. The Morgan fingerprint density at radius 1 is 1.29 bits per heavy atom. The van der Waals surface area contributed by atoms with Gasteiger partial charge in [0.15, 0.2) is 0 Å². The molecule has 0 aromatic heterocycles. The van der Waals surface area contributed by atoms with Gasteiger partial charge in [0.1, 0.15) is 6.29 Å². The minimum atomic E-state index is 0.0115. The third-order valence-electron chi connectivity index (χ3n) is 2.90. The van der Waals surface area contributed by atoms with E-state index < -0.39 is 0 Å². The van der Waals surface area contributed by atoms with Crippen LogP contribution in [0.2, 0.25) is 0 Å². The molecule has 1 aromatic rings. The summed E-state index contributed by atoms with van der Waals surface area (Å²) in [6.07, 6.45) is 1.74. The molecule has 1 amide bonds. The zero-order valence-corrected chi connectivity index (χ0v) is 9.69. The summed E-state index contributed by atoms with van der Waals surface area (Å²) in [6, 6.07) is 6.85. The van der Waals surface area contributed by atoms with Crippen LogP contribution in [0.25, 0.3) is 0 Å². The van der Waals surface area contributed by atoms with E-state index in [1.165, 1.54) is 0 Å². The molecule has 2 rings (SSSR count). The molecule has 0 unspecified atom stereocenters. The Balaban J connectivity index is 2.14. The van der Waals surface area contributed by atoms with Gasteiger partial charge in [-0.25, -0.2) is 0 Å². The Labute approximate surface area is 101 Å². The van der Waals surface area contributed by atoms with Crippen LogP contribution in [0.1, 0.15) is 27.1 Å². The number of amides is 1. The fourth-order valence-corrected chi connectivity index (χ4v) is 1.98. The van der Waals surface area contributed by atoms with Crippen molar-refractivity contribution in [1.82, 2.24) is 10.2 Å². The normalized spacial score (nSPS) is 16.4. The highest BCUT2D eigenvalue weighted by Crippen LogP contribution is 2.08. The molecule has 90 valence electrons. The molecule has 0 spiro atoms. The van der Waals surface area contributed by atoms with E-state index in [9.17, 15) is 9.59 Å². The number of hydrogen-bond acceptors (Lipinski definition) is 3. The van der Waals surface area contributed by atoms with E-state index in [1.54, 1.807) is 24.3 Å². The number of nitrogens with zero attached hydrogens (tertiary/aromatic N) is 1. The Hall–Kier alpha value is -1.68. The van der Waals surface area contributed by atoms with Gasteiger partial charge in [0.05, 0.1) is 0 Å². The van der Waals surface area contributed by atoms with E-state index in [2.05, 4.69) is 5.32 Å². The van der Waals surface area contributed by atoms with Gasteiger partial charge in [0.25, 0.3) is 5.91 Å². The molecule has 1 saturated heterocycles. The summed E-state index contributed by atoms with van der Waals surface area (Å²) < 4.78 is 0. The average Bonchev–Trinajstić information content (AvgIpc) is 2.67. The Morgan fingerprint density at radius 2 is 2.18 bits per heavy atom. The highest BCUT2D eigenvalue weighted by Gasteiger charge is 2.16. The molecule has 0 atom stereocenters. The van der Waals surface area contributed by atoms with Crippen LogP contribution in [0.3, 0.4) is 0 Å². The molecular weight excluding hydrogens is 216 g/mol. The summed E-state index contributed by atoms with van der Waals surface area (Å²) in [5, 5.41) is 3.26. The standard InChI is InChI=1S/C13H16N2O2/c16-10-11-3-1-4-12(9-11)13(17)15-7-2-5-14-6-8-15/h1,3-4,9-10,14H,2,5-8H2. The van der Waals surface area contributed by atoms with Gasteiger partial charge >= 0.3 is 0 Å². The third kappa shape index (κ3) is 2.91. The molecule has 1 aliphatic heterocycles. The van der Waals surface area contributed by atoms with E-state index in [1.807, 2.05) is 4.90 Å². The van der Waals surface area contributed by atoms with Crippen molar-refractivity contribution in [3.63, 3.8) is 0 Å². The van der Waals surface area contributed by atoms with E-state index >= 15 is 0 Å². The van der Waals surface area contributed by atoms with Gasteiger partial charge < -0.3 is 10.2 Å². The average molecular weight is 232 g/mol. The van der Waals surface area contributed by atoms with Gasteiger partial charge in [-0.1, -0.05) is 12.1 Å². The summed E-state index contributed by atoms with van der Waals surface area (Å²) >= 11 is 0. The van der Waals surface area contributed by atoms with E-state index in [0.29, 0.717) is 11.1 Å². The first-order valence-corrected chi connectivity index (χ1v) is 5.86. The van der Waals surface area contributed by atoms with Crippen molar-refractivity contribution in [2.75, 3.05) is 26.2 Å². The fourth-order valence-electron chi connectivity index (χ4n) is 1.98. The minimum absolute atomic E-state index is 0.0115. The number of carbonyl (C=O) groups excluding carboxylic acids is 2. The van der Waals surface area contributed by atoms with Crippen LogP contribution < -0.4 is 5.32 Å². The Bertz CT molecular complexity index is 410. The first-order valence-electron chi connectivity index (χ1n) is 5.86. The predicted molar refractivity (Wildman–Crippen MR) is 65.2 cm³/mol. The molecule has 0 aliphatic carbocycles. The molecule has 17 heavy (non-hydrogen) atoms. The van der Waals surface area contributed by atoms with Crippen LogP contribution in [-0.4, -0.2) is 43.3 Å². The van der Waals surface area contributed by atoms with Crippen LogP contribution in [0.15, 0.2) is 24.3 Å². The van der Waals surface area contributed by atoms with Gasteiger partial charge in [-0.2, -0.15) is 0 Å². The largest absolute Gasteiger partial charge is 0.337 e. The molecule has 1 N–H and O–H groups in total. The Morgan fingerprint density at radius 3 is 3.00 bits per heavy atom. The number of carbonyl (C=O) groups is 2. The lowest BCUT2D eigenvalue weighted by Gasteiger charge is -2.20. The third-order valence-corrected chi connectivity index (χ3v) is 2.90. The van der Waals surface area contributed by atoms with Crippen molar-refractivity contribution in [3.05, 3.63) is 35.4 Å². The second kappa shape index (κ2) is 5.59. The topological polar surface area (TPSA) is 49.4 Å². The van der Waals surface area contributed by atoms with Gasteiger partial charge in [-0.15, -0.1) is 0 Å². The van der Waals surface area contributed by atoms with E-state index in [4.69, 9.17) is 0 Å². The number of rotatable bonds is 2. The van der Waals surface area contributed by atoms with Gasteiger partial charge in [-0.3, -0.25) is 9.59 Å². The molecule has 0 bridgehead atoms. The van der Waals surface area contributed by atoms with Crippen LogP contribution in [0.5, 0.6) is 0 Å². The number of hydrogen-bond donors (Lipinski definition) is 1. The Kier molecular flexibility index (Phi) is 3.88. The zero-order chi connectivity index (χ0) is 12.1. The molecular formula is C13H16N2O2. The second-order valence-electron chi connectivity index (χ2n) is 4.14. The quantitative estimate of drug-likeness (QED) is 0.772. The fraction of sp³-hybridized carbons (Fsp3) is 0.385. The van der Waals surface area contributed by atoms with Crippen LogP contribution in [0.4, 0.5) is 0 Å². The summed E-state index contributed by atoms with van der Waals surface area (Å²) in [6.45, 7) is 3.29.